The Morgan fingerprint density at radius 3 is 2.64 bits per heavy atom. The normalized spacial score (nSPS) is 16.6. The molecule has 25 heavy (non-hydrogen) atoms. The minimum atomic E-state index is -0.139. The second-order valence-electron chi connectivity index (χ2n) is 5.85. The van der Waals surface area contributed by atoms with Crippen LogP contribution in [0.15, 0.2) is 47.1 Å². The number of carbonyl (C=O) groups excluding carboxylic acids is 2. The molecule has 7 heteroatoms. The summed E-state index contributed by atoms with van der Waals surface area (Å²) in [5.41, 5.74) is 1.27. The van der Waals surface area contributed by atoms with Crippen molar-refractivity contribution >= 4 is 33.4 Å². The van der Waals surface area contributed by atoms with Crippen molar-refractivity contribution in [2.45, 2.75) is 19.4 Å². The average molecular weight is 404 g/mol. The van der Waals surface area contributed by atoms with E-state index >= 15 is 0 Å². The van der Waals surface area contributed by atoms with Gasteiger partial charge in [-0.25, -0.2) is 4.98 Å². The first-order valence-corrected chi connectivity index (χ1v) is 8.76. The van der Waals surface area contributed by atoms with E-state index < -0.39 is 0 Å². The van der Waals surface area contributed by atoms with Gasteiger partial charge in [0.05, 0.1) is 6.54 Å². The number of ether oxygens (including phenoxy) is 1. The van der Waals surface area contributed by atoms with Crippen LogP contribution < -0.4 is 10.1 Å². The van der Waals surface area contributed by atoms with Crippen molar-refractivity contribution in [3.8, 4) is 5.88 Å². The highest BCUT2D eigenvalue weighted by molar-refractivity contribution is 9.10. The molecule has 1 saturated heterocycles. The van der Waals surface area contributed by atoms with Gasteiger partial charge in [0.15, 0.2) is 0 Å². The van der Waals surface area contributed by atoms with Crippen LogP contribution in [0, 0.1) is 0 Å². The Balaban J connectivity index is 1.58. The first kappa shape index (κ1) is 17.4. The van der Waals surface area contributed by atoms with Crippen LogP contribution in [0.4, 0.5) is 5.69 Å². The summed E-state index contributed by atoms with van der Waals surface area (Å²) in [5, 5.41) is 2.68. The van der Waals surface area contributed by atoms with Crippen molar-refractivity contribution in [2.75, 3.05) is 18.4 Å². The maximum atomic E-state index is 12.6. The molecule has 130 valence electrons. The van der Waals surface area contributed by atoms with E-state index in [2.05, 4.69) is 26.2 Å². The summed E-state index contributed by atoms with van der Waals surface area (Å²) in [6, 6.07) is 10.6. The molecule has 1 atom stereocenters. The number of aromatic nitrogens is 1. The van der Waals surface area contributed by atoms with Crippen LogP contribution in [-0.4, -0.2) is 40.9 Å². The number of likely N-dealkylation sites (tertiary alicyclic amines) is 1. The second-order valence-corrected chi connectivity index (χ2v) is 6.77. The highest BCUT2D eigenvalue weighted by atomic mass is 79.9. The third-order valence-corrected chi connectivity index (χ3v) is 4.34. The first-order valence-electron chi connectivity index (χ1n) is 7.96. The van der Waals surface area contributed by atoms with E-state index in [0.717, 1.165) is 10.9 Å². The number of nitrogens with zero attached hydrogens (tertiary/aromatic N) is 2. The predicted molar refractivity (Wildman–Crippen MR) is 97.6 cm³/mol. The number of carbonyl (C=O) groups is 2. The van der Waals surface area contributed by atoms with Crippen molar-refractivity contribution in [2.24, 2.45) is 0 Å². The topological polar surface area (TPSA) is 71.5 Å². The Morgan fingerprint density at radius 2 is 2.00 bits per heavy atom. The van der Waals surface area contributed by atoms with Gasteiger partial charge in [0.1, 0.15) is 6.10 Å². The number of nitrogens with one attached hydrogen (secondary N) is 1. The van der Waals surface area contributed by atoms with Crippen LogP contribution in [0.25, 0.3) is 0 Å². The number of anilines is 1. The Morgan fingerprint density at radius 1 is 1.24 bits per heavy atom. The standard InChI is InChI=1S/C18H18BrN3O3/c1-12(23)21-15-5-2-13(3-6-15)18(24)22-9-8-16(11-22)25-17-7-4-14(19)10-20-17/h2-7,10,16H,8-9,11H2,1H3,(H,21,23). The molecule has 3 rings (SSSR count). The molecule has 1 fully saturated rings. The fourth-order valence-electron chi connectivity index (χ4n) is 2.69. The van der Waals surface area contributed by atoms with Gasteiger partial charge in [0.25, 0.3) is 5.91 Å². The Hall–Kier alpha value is -2.41. The van der Waals surface area contributed by atoms with Gasteiger partial charge in [-0.05, 0) is 46.3 Å². The van der Waals surface area contributed by atoms with Gasteiger partial charge in [-0.2, -0.15) is 0 Å². The summed E-state index contributed by atoms with van der Waals surface area (Å²) in [6.07, 6.45) is 2.40. The summed E-state index contributed by atoms with van der Waals surface area (Å²) in [7, 11) is 0. The maximum absolute atomic E-state index is 12.6. The number of hydrogen-bond donors (Lipinski definition) is 1. The molecule has 0 spiro atoms. The Labute approximate surface area is 154 Å². The highest BCUT2D eigenvalue weighted by Gasteiger charge is 2.28. The number of hydrogen-bond acceptors (Lipinski definition) is 4. The van der Waals surface area contributed by atoms with Crippen LogP contribution in [0.3, 0.4) is 0 Å². The van der Waals surface area contributed by atoms with Gasteiger partial charge < -0.3 is 15.0 Å². The molecule has 1 aromatic heterocycles. The summed E-state index contributed by atoms with van der Waals surface area (Å²) in [6.45, 7) is 2.63. The van der Waals surface area contributed by atoms with E-state index in [-0.39, 0.29) is 17.9 Å². The van der Waals surface area contributed by atoms with Gasteiger partial charge >= 0.3 is 0 Å². The zero-order valence-electron chi connectivity index (χ0n) is 13.7. The minimum Gasteiger partial charge on any atom is -0.472 e. The maximum Gasteiger partial charge on any atom is 0.253 e. The molecule has 1 aliphatic rings. The molecule has 2 aromatic rings. The van der Waals surface area contributed by atoms with Gasteiger partial charge in [-0.1, -0.05) is 0 Å². The summed E-state index contributed by atoms with van der Waals surface area (Å²) >= 11 is 3.34. The number of halogens is 1. The second kappa shape index (κ2) is 7.65. The van der Waals surface area contributed by atoms with Gasteiger partial charge in [0, 0.05) is 47.9 Å². The molecule has 1 aliphatic heterocycles. The Bertz CT molecular complexity index is 762. The van der Waals surface area contributed by atoms with Crippen molar-refractivity contribution in [3.05, 3.63) is 52.6 Å². The minimum absolute atomic E-state index is 0.0377. The molecule has 2 amide bonds. The summed E-state index contributed by atoms with van der Waals surface area (Å²) in [5.74, 6) is 0.381. The molecule has 1 unspecified atom stereocenters. The van der Waals surface area contributed by atoms with Crippen LogP contribution in [0.1, 0.15) is 23.7 Å². The van der Waals surface area contributed by atoms with E-state index in [1.807, 2.05) is 6.07 Å². The largest absolute Gasteiger partial charge is 0.472 e. The van der Waals surface area contributed by atoms with Gasteiger partial charge in [-0.15, -0.1) is 0 Å². The van der Waals surface area contributed by atoms with Gasteiger partial charge in [-0.3, -0.25) is 9.59 Å². The quantitative estimate of drug-likeness (QED) is 0.850. The van der Waals surface area contributed by atoms with Crippen LogP contribution in [0.5, 0.6) is 5.88 Å². The lowest BCUT2D eigenvalue weighted by molar-refractivity contribution is -0.114. The molecule has 0 radical (unpaired) electrons. The van der Waals surface area contributed by atoms with E-state index in [0.29, 0.717) is 30.2 Å². The monoisotopic (exact) mass is 403 g/mol. The van der Waals surface area contributed by atoms with Crippen molar-refractivity contribution in [1.82, 2.24) is 9.88 Å². The zero-order valence-corrected chi connectivity index (χ0v) is 15.3. The lowest BCUT2D eigenvalue weighted by Gasteiger charge is -2.17. The lowest BCUT2D eigenvalue weighted by Crippen LogP contribution is -2.31. The van der Waals surface area contributed by atoms with Crippen molar-refractivity contribution < 1.29 is 14.3 Å². The van der Waals surface area contributed by atoms with Crippen LogP contribution in [-0.2, 0) is 4.79 Å². The van der Waals surface area contributed by atoms with E-state index in [1.165, 1.54) is 6.92 Å². The molecule has 0 saturated carbocycles. The van der Waals surface area contributed by atoms with Crippen molar-refractivity contribution in [3.63, 3.8) is 0 Å². The molecular formula is C18H18BrN3O3. The molecular weight excluding hydrogens is 386 g/mol. The van der Waals surface area contributed by atoms with E-state index in [1.54, 1.807) is 41.4 Å². The SMILES string of the molecule is CC(=O)Nc1ccc(C(=O)N2CCC(Oc3ccc(Br)cn3)C2)cc1. The number of benzene rings is 1. The number of rotatable bonds is 4. The van der Waals surface area contributed by atoms with Crippen LogP contribution in [0.2, 0.25) is 0 Å². The molecule has 6 nitrogen and oxygen atoms in total. The van der Waals surface area contributed by atoms with Crippen molar-refractivity contribution in [1.29, 1.82) is 0 Å². The zero-order chi connectivity index (χ0) is 17.8. The lowest BCUT2D eigenvalue weighted by atomic mass is 10.2. The number of amides is 2. The molecule has 0 bridgehead atoms. The molecule has 2 heterocycles. The molecule has 0 aliphatic carbocycles. The third kappa shape index (κ3) is 4.57. The smallest absolute Gasteiger partial charge is 0.253 e. The molecule has 1 N–H and O–H groups in total. The Kier molecular flexibility index (Phi) is 5.33. The van der Waals surface area contributed by atoms with Gasteiger partial charge in [0.2, 0.25) is 11.8 Å². The molecule has 1 aromatic carbocycles. The first-order chi connectivity index (χ1) is 12.0. The summed E-state index contributed by atoms with van der Waals surface area (Å²) in [4.78, 5) is 29.6. The highest BCUT2D eigenvalue weighted by Crippen LogP contribution is 2.20. The van der Waals surface area contributed by atoms with Crippen LogP contribution >= 0.6 is 15.9 Å². The third-order valence-electron chi connectivity index (χ3n) is 3.87. The number of pyridine rings is 1. The van der Waals surface area contributed by atoms with E-state index in [9.17, 15) is 9.59 Å². The average Bonchev–Trinajstić information content (AvgIpc) is 3.05. The summed E-state index contributed by atoms with van der Waals surface area (Å²) < 4.78 is 6.73. The fraction of sp³-hybridized carbons (Fsp3) is 0.278. The predicted octanol–water partition coefficient (Wildman–Crippen LogP) is 3.10. The van der Waals surface area contributed by atoms with E-state index in [4.69, 9.17) is 4.74 Å². The fourth-order valence-corrected chi connectivity index (χ4v) is 2.93.